The Morgan fingerprint density at radius 1 is 0.759 bits per heavy atom. The Bertz CT molecular complexity index is 987. The van der Waals surface area contributed by atoms with Gasteiger partial charge in [-0.2, -0.15) is 0 Å². The smallest absolute Gasteiger partial charge is 0.255 e. The van der Waals surface area contributed by atoms with Crippen LogP contribution in [0.5, 0.6) is 0 Å². The molecule has 0 atom stereocenters. The Labute approximate surface area is 172 Å². The maximum Gasteiger partial charge on any atom is 0.255 e. The van der Waals surface area contributed by atoms with Gasteiger partial charge in [-0.1, -0.05) is 75.4 Å². The summed E-state index contributed by atoms with van der Waals surface area (Å²) in [5.74, 6) is -0.471. The molecule has 0 heterocycles. The lowest BCUT2D eigenvalue weighted by atomic mass is 9.86. The van der Waals surface area contributed by atoms with Gasteiger partial charge in [0.1, 0.15) is 0 Å². The molecule has 0 bridgehead atoms. The molecule has 3 aromatic carbocycles. The Kier molecular flexibility index (Phi) is 6.13. The van der Waals surface area contributed by atoms with Crippen LogP contribution in [-0.2, 0) is 12.0 Å². The molecule has 148 valence electrons. The Morgan fingerprint density at radius 2 is 1.38 bits per heavy atom. The molecule has 2 N–H and O–H groups in total. The molecule has 29 heavy (non-hydrogen) atoms. The highest BCUT2D eigenvalue weighted by atomic mass is 16.2. The third-order valence-corrected chi connectivity index (χ3v) is 4.73. The zero-order valence-corrected chi connectivity index (χ0v) is 17.0. The zero-order valence-electron chi connectivity index (χ0n) is 17.0. The molecular weight excluding hydrogens is 360 g/mol. The first kappa shape index (κ1) is 20.3. The molecule has 0 spiro atoms. The van der Waals surface area contributed by atoms with Crippen LogP contribution in [0.4, 0.5) is 5.69 Å². The minimum absolute atomic E-state index is 0.0262. The molecule has 0 aliphatic heterocycles. The summed E-state index contributed by atoms with van der Waals surface area (Å²) in [5.41, 5.74) is 3.68. The Balaban J connectivity index is 1.71. The molecule has 0 radical (unpaired) electrons. The monoisotopic (exact) mass is 386 g/mol. The van der Waals surface area contributed by atoms with Crippen LogP contribution in [0.25, 0.3) is 0 Å². The number of hydrogen-bond donors (Lipinski definition) is 2. The summed E-state index contributed by atoms with van der Waals surface area (Å²) in [7, 11) is 0. The third kappa shape index (κ3) is 5.32. The topological polar surface area (TPSA) is 58.2 Å². The van der Waals surface area contributed by atoms with Gasteiger partial charge in [0.25, 0.3) is 11.8 Å². The molecule has 4 nitrogen and oxygen atoms in total. The van der Waals surface area contributed by atoms with E-state index in [0.717, 1.165) is 11.1 Å². The van der Waals surface area contributed by atoms with Gasteiger partial charge in [0.15, 0.2) is 0 Å². The van der Waals surface area contributed by atoms with E-state index in [2.05, 4.69) is 31.4 Å². The minimum Gasteiger partial charge on any atom is -0.348 e. The van der Waals surface area contributed by atoms with E-state index in [4.69, 9.17) is 0 Å². The number of benzene rings is 3. The van der Waals surface area contributed by atoms with Crippen LogP contribution in [-0.4, -0.2) is 11.8 Å². The second-order valence-electron chi connectivity index (χ2n) is 8.00. The first-order chi connectivity index (χ1) is 13.8. The standard InChI is InChI=1S/C25H26N2O2/c1-25(2,3)20-15-13-19(14-16-20)23(28)27-22-12-8-7-11-21(22)24(29)26-17-18-9-5-4-6-10-18/h4-16H,17H2,1-3H3,(H,26,29)(H,27,28). The molecular formula is C25H26N2O2. The second kappa shape index (κ2) is 8.74. The van der Waals surface area contributed by atoms with E-state index >= 15 is 0 Å². The molecule has 0 aliphatic carbocycles. The van der Waals surface area contributed by atoms with Gasteiger partial charge >= 0.3 is 0 Å². The quantitative estimate of drug-likeness (QED) is 0.636. The molecule has 3 aromatic rings. The summed E-state index contributed by atoms with van der Waals surface area (Å²) in [6.07, 6.45) is 0. The predicted molar refractivity (Wildman–Crippen MR) is 117 cm³/mol. The van der Waals surface area contributed by atoms with Crippen molar-refractivity contribution in [1.29, 1.82) is 0 Å². The maximum atomic E-state index is 12.7. The molecule has 3 rings (SSSR count). The highest BCUT2D eigenvalue weighted by Crippen LogP contribution is 2.23. The van der Waals surface area contributed by atoms with Crippen molar-refractivity contribution in [3.8, 4) is 0 Å². The number of carbonyl (C=O) groups excluding carboxylic acids is 2. The van der Waals surface area contributed by atoms with Crippen molar-refractivity contribution in [3.05, 3.63) is 101 Å². The Morgan fingerprint density at radius 3 is 2.03 bits per heavy atom. The van der Waals surface area contributed by atoms with Gasteiger partial charge in [0.2, 0.25) is 0 Å². The number of carbonyl (C=O) groups is 2. The summed E-state index contributed by atoms with van der Waals surface area (Å²) < 4.78 is 0. The highest BCUT2D eigenvalue weighted by Gasteiger charge is 2.16. The van der Waals surface area contributed by atoms with E-state index < -0.39 is 0 Å². The predicted octanol–water partition coefficient (Wildman–Crippen LogP) is 5.17. The number of para-hydroxylation sites is 1. The van der Waals surface area contributed by atoms with Crippen LogP contribution in [0.3, 0.4) is 0 Å². The van der Waals surface area contributed by atoms with Gasteiger partial charge in [-0.05, 0) is 40.8 Å². The first-order valence-electron chi connectivity index (χ1n) is 9.67. The number of hydrogen-bond acceptors (Lipinski definition) is 2. The third-order valence-electron chi connectivity index (χ3n) is 4.73. The van der Waals surface area contributed by atoms with Gasteiger partial charge in [-0.3, -0.25) is 9.59 Å². The van der Waals surface area contributed by atoms with Gasteiger partial charge in [-0.25, -0.2) is 0 Å². The van der Waals surface area contributed by atoms with Crippen LogP contribution < -0.4 is 10.6 Å². The summed E-state index contributed by atoms with van der Waals surface area (Å²) in [5, 5.41) is 5.77. The molecule has 0 saturated carbocycles. The highest BCUT2D eigenvalue weighted by molar-refractivity contribution is 6.09. The average Bonchev–Trinajstić information content (AvgIpc) is 2.72. The first-order valence-corrected chi connectivity index (χ1v) is 9.67. The summed E-state index contributed by atoms with van der Waals surface area (Å²) in [6.45, 7) is 6.82. The van der Waals surface area contributed by atoms with E-state index in [0.29, 0.717) is 23.4 Å². The van der Waals surface area contributed by atoms with Crippen LogP contribution in [0, 0.1) is 0 Å². The van der Waals surface area contributed by atoms with Crippen molar-refractivity contribution in [2.75, 3.05) is 5.32 Å². The van der Waals surface area contributed by atoms with Crippen molar-refractivity contribution in [2.24, 2.45) is 0 Å². The minimum atomic E-state index is -0.242. The van der Waals surface area contributed by atoms with Gasteiger partial charge < -0.3 is 10.6 Å². The van der Waals surface area contributed by atoms with Crippen molar-refractivity contribution in [1.82, 2.24) is 5.32 Å². The van der Waals surface area contributed by atoms with E-state index in [-0.39, 0.29) is 17.2 Å². The summed E-state index contributed by atoms with van der Waals surface area (Å²) >= 11 is 0. The van der Waals surface area contributed by atoms with Crippen LogP contribution in [0.2, 0.25) is 0 Å². The maximum absolute atomic E-state index is 12.7. The fourth-order valence-corrected chi connectivity index (χ4v) is 2.98. The molecule has 0 fully saturated rings. The largest absolute Gasteiger partial charge is 0.348 e. The average molecular weight is 386 g/mol. The van der Waals surface area contributed by atoms with Crippen LogP contribution in [0.15, 0.2) is 78.9 Å². The number of amides is 2. The molecule has 2 amide bonds. The van der Waals surface area contributed by atoms with E-state index in [9.17, 15) is 9.59 Å². The van der Waals surface area contributed by atoms with Crippen molar-refractivity contribution < 1.29 is 9.59 Å². The van der Waals surface area contributed by atoms with E-state index in [1.165, 1.54) is 0 Å². The fraction of sp³-hybridized carbons (Fsp3) is 0.200. The lowest BCUT2D eigenvalue weighted by Gasteiger charge is -2.19. The van der Waals surface area contributed by atoms with Crippen molar-refractivity contribution in [2.45, 2.75) is 32.7 Å². The fourth-order valence-electron chi connectivity index (χ4n) is 2.98. The van der Waals surface area contributed by atoms with Gasteiger partial charge in [0.05, 0.1) is 11.3 Å². The van der Waals surface area contributed by atoms with Gasteiger partial charge in [0, 0.05) is 12.1 Å². The number of nitrogens with one attached hydrogen (secondary N) is 2. The zero-order chi connectivity index (χ0) is 20.9. The summed E-state index contributed by atoms with van der Waals surface area (Å²) in [6, 6.07) is 24.3. The molecule has 0 saturated heterocycles. The number of rotatable bonds is 5. The van der Waals surface area contributed by atoms with E-state index in [1.54, 1.807) is 24.3 Å². The lowest BCUT2D eigenvalue weighted by Crippen LogP contribution is -2.24. The van der Waals surface area contributed by atoms with Crippen molar-refractivity contribution >= 4 is 17.5 Å². The second-order valence-corrected chi connectivity index (χ2v) is 8.00. The molecule has 0 unspecified atom stereocenters. The normalized spacial score (nSPS) is 11.0. The molecule has 0 aromatic heterocycles. The van der Waals surface area contributed by atoms with Crippen molar-refractivity contribution in [3.63, 3.8) is 0 Å². The lowest BCUT2D eigenvalue weighted by molar-refractivity contribution is 0.0952. The van der Waals surface area contributed by atoms with Crippen LogP contribution >= 0.6 is 0 Å². The van der Waals surface area contributed by atoms with E-state index in [1.807, 2.05) is 54.6 Å². The molecule has 0 aliphatic rings. The number of anilines is 1. The van der Waals surface area contributed by atoms with Gasteiger partial charge in [-0.15, -0.1) is 0 Å². The summed E-state index contributed by atoms with van der Waals surface area (Å²) in [4.78, 5) is 25.3. The SMILES string of the molecule is CC(C)(C)c1ccc(C(=O)Nc2ccccc2C(=O)NCc2ccccc2)cc1. The molecule has 4 heteroatoms. The van der Waals surface area contributed by atoms with Crippen LogP contribution in [0.1, 0.15) is 52.6 Å². The Hall–Kier alpha value is -3.40.